The van der Waals surface area contributed by atoms with Crippen LogP contribution in [0, 0.1) is 24.1 Å². The largest absolute Gasteiger partial charge is 0.444 e. The molecule has 2 aromatic rings. The number of alkyl halides is 2. The van der Waals surface area contributed by atoms with Crippen molar-refractivity contribution in [2.45, 2.75) is 64.6 Å². The number of amides is 1. The van der Waals surface area contributed by atoms with Crippen LogP contribution in [0.15, 0.2) is 30.3 Å². The monoisotopic (exact) mass is 554 g/mol. The Labute approximate surface area is 219 Å². The van der Waals surface area contributed by atoms with Gasteiger partial charge in [0.15, 0.2) is 11.6 Å². The molecule has 9 nitrogen and oxygen atoms in total. The van der Waals surface area contributed by atoms with Gasteiger partial charge in [0.1, 0.15) is 23.4 Å². The van der Waals surface area contributed by atoms with Gasteiger partial charge in [0.2, 0.25) is 15.9 Å². The number of nitrogens with zero attached hydrogens (tertiary/aromatic N) is 3. The Bertz CT molecular complexity index is 1360. The van der Waals surface area contributed by atoms with Crippen molar-refractivity contribution < 1.29 is 35.9 Å². The van der Waals surface area contributed by atoms with Crippen molar-refractivity contribution in [3.8, 4) is 17.7 Å². The van der Waals surface area contributed by atoms with Gasteiger partial charge in [-0.15, -0.1) is 0 Å². The lowest BCUT2D eigenvalue weighted by molar-refractivity contribution is -0.0122. The van der Waals surface area contributed by atoms with Gasteiger partial charge in [0, 0.05) is 5.56 Å². The molecule has 1 N–H and O–H groups in total. The third-order valence-corrected chi connectivity index (χ3v) is 7.15. The Balaban J connectivity index is 2.01. The maximum absolute atomic E-state index is 15.6. The molecular formula is C25H29F3N4O5S. The van der Waals surface area contributed by atoms with E-state index in [2.05, 4.69) is 4.98 Å². The number of carbonyl (C=O) groups is 1. The molecule has 206 valence electrons. The van der Waals surface area contributed by atoms with Crippen LogP contribution >= 0.6 is 0 Å². The lowest BCUT2D eigenvalue weighted by Crippen LogP contribution is -2.53. The third-order valence-electron chi connectivity index (χ3n) is 5.78. The smallest absolute Gasteiger partial charge is 0.410 e. The highest BCUT2D eigenvalue weighted by molar-refractivity contribution is 7.89. The number of likely N-dealkylation sites (tertiary alicyclic amines) is 1. The molecule has 1 amide bonds. The maximum Gasteiger partial charge on any atom is 0.410 e. The molecular weight excluding hydrogens is 525 g/mol. The van der Waals surface area contributed by atoms with Gasteiger partial charge < -0.3 is 9.47 Å². The van der Waals surface area contributed by atoms with Crippen LogP contribution in [0.2, 0.25) is 0 Å². The number of benzene rings is 1. The zero-order valence-electron chi connectivity index (χ0n) is 21.6. The highest BCUT2D eigenvalue weighted by atomic mass is 32.2. The van der Waals surface area contributed by atoms with E-state index in [0.717, 1.165) is 4.90 Å². The SMILES string of the molecule is CCS(=O)(=O)N[C@@H]1[C@H](Cc2cccc(Oc3nc(C#N)ccc3C)c2F)N(C(=O)OC(C)(C)C)CC1(F)F. The molecule has 0 radical (unpaired) electrons. The van der Waals surface area contributed by atoms with Crippen molar-refractivity contribution in [3.63, 3.8) is 0 Å². The van der Waals surface area contributed by atoms with Crippen molar-refractivity contribution in [1.29, 1.82) is 5.26 Å². The molecule has 1 aromatic heterocycles. The summed E-state index contributed by atoms with van der Waals surface area (Å²) in [5, 5.41) is 9.09. The van der Waals surface area contributed by atoms with E-state index in [1.807, 2.05) is 10.8 Å². The standard InChI is InChI=1S/C25H29F3N4O5S/c1-6-38(34,35)31-21-18(32(14-25(21,27)28)23(33)37-24(3,4)5)12-16-8-7-9-19(20(16)26)36-22-15(2)10-11-17(13-29)30-22/h7-11,18,21,31H,6,12,14H2,1-5H3/t18-,21+/m0/s1. The van der Waals surface area contributed by atoms with Gasteiger partial charge in [0.05, 0.1) is 18.3 Å². The molecule has 1 fully saturated rings. The molecule has 13 heteroatoms. The molecule has 2 atom stereocenters. The maximum atomic E-state index is 15.6. The number of hydrogen-bond donors (Lipinski definition) is 1. The summed E-state index contributed by atoms with van der Waals surface area (Å²) in [5.41, 5.74) is -0.544. The average Bonchev–Trinajstić information content (AvgIpc) is 3.06. The number of hydrogen-bond acceptors (Lipinski definition) is 7. The van der Waals surface area contributed by atoms with Crippen molar-refractivity contribution in [2.24, 2.45) is 0 Å². The molecule has 1 aliphatic heterocycles. The second-order valence-corrected chi connectivity index (χ2v) is 11.9. The van der Waals surface area contributed by atoms with Crippen LogP contribution in [0.5, 0.6) is 11.6 Å². The van der Waals surface area contributed by atoms with Gasteiger partial charge >= 0.3 is 6.09 Å². The minimum absolute atomic E-state index is 0.0172. The number of halogens is 3. The van der Waals surface area contributed by atoms with Crippen LogP contribution in [0.4, 0.5) is 18.0 Å². The van der Waals surface area contributed by atoms with Gasteiger partial charge in [-0.1, -0.05) is 18.2 Å². The summed E-state index contributed by atoms with van der Waals surface area (Å²) in [6.07, 6.45) is -1.55. The first-order valence-electron chi connectivity index (χ1n) is 11.8. The minimum atomic E-state index is -4.12. The number of aryl methyl sites for hydroxylation is 1. The van der Waals surface area contributed by atoms with Gasteiger partial charge in [-0.2, -0.15) is 5.26 Å². The lowest BCUT2D eigenvalue weighted by atomic mass is 9.98. The zero-order valence-corrected chi connectivity index (χ0v) is 22.4. The number of nitrogens with one attached hydrogen (secondary N) is 1. The van der Waals surface area contributed by atoms with Gasteiger partial charge in [-0.3, -0.25) is 4.90 Å². The molecule has 1 aromatic carbocycles. The molecule has 1 saturated heterocycles. The quantitative estimate of drug-likeness (QED) is 0.542. The van der Waals surface area contributed by atoms with E-state index in [1.54, 1.807) is 33.8 Å². The fourth-order valence-electron chi connectivity index (χ4n) is 3.89. The molecule has 0 spiro atoms. The fraction of sp³-hybridized carbons (Fsp3) is 0.480. The molecule has 1 aliphatic rings. The van der Waals surface area contributed by atoms with E-state index >= 15 is 13.2 Å². The molecule has 38 heavy (non-hydrogen) atoms. The molecule has 0 aliphatic carbocycles. The molecule has 0 unspecified atom stereocenters. The summed E-state index contributed by atoms with van der Waals surface area (Å²) < 4.78 is 83.2. The number of aromatic nitrogens is 1. The number of carbonyl (C=O) groups excluding carboxylic acids is 1. The van der Waals surface area contributed by atoms with E-state index in [0.29, 0.717) is 5.56 Å². The van der Waals surface area contributed by atoms with Gasteiger partial charge in [-0.25, -0.2) is 36.1 Å². The number of rotatable bonds is 7. The van der Waals surface area contributed by atoms with Crippen molar-refractivity contribution in [1.82, 2.24) is 14.6 Å². The number of nitriles is 1. The Morgan fingerprint density at radius 1 is 1.29 bits per heavy atom. The lowest BCUT2D eigenvalue weighted by Gasteiger charge is -2.30. The normalized spacial score (nSPS) is 19.2. The Morgan fingerprint density at radius 3 is 2.58 bits per heavy atom. The van der Waals surface area contributed by atoms with Gasteiger partial charge in [-0.05, 0) is 58.7 Å². The summed E-state index contributed by atoms with van der Waals surface area (Å²) in [5.74, 6) is -5.34. The second kappa shape index (κ2) is 10.8. The van der Waals surface area contributed by atoms with Crippen LogP contribution in [0.25, 0.3) is 0 Å². The third kappa shape index (κ3) is 6.73. The van der Waals surface area contributed by atoms with E-state index in [-0.39, 0.29) is 22.9 Å². The first-order valence-corrected chi connectivity index (χ1v) is 13.4. The summed E-state index contributed by atoms with van der Waals surface area (Å²) in [4.78, 5) is 17.6. The molecule has 0 bridgehead atoms. The topological polar surface area (TPSA) is 122 Å². The fourth-order valence-corrected chi connectivity index (χ4v) is 4.78. The summed E-state index contributed by atoms with van der Waals surface area (Å²) >= 11 is 0. The zero-order chi connectivity index (χ0) is 28.5. The van der Waals surface area contributed by atoms with Crippen LogP contribution in [0.3, 0.4) is 0 Å². The number of sulfonamides is 1. The summed E-state index contributed by atoms with van der Waals surface area (Å²) in [6, 6.07) is 5.44. The minimum Gasteiger partial charge on any atom is -0.444 e. The number of pyridine rings is 1. The predicted molar refractivity (Wildman–Crippen MR) is 132 cm³/mol. The average molecular weight is 555 g/mol. The van der Waals surface area contributed by atoms with E-state index in [9.17, 15) is 13.2 Å². The van der Waals surface area contributed by atoms with Crippen LogP contribution in [0.1, 0.15) is 44.5 Å². The second-order valence-electron chi connectivity index (χ2n) is 9.90. The molecule has 0 saturated carbocycles. The first-order chi connectivity index (χ1) is 17.6. The highest BCUT2D eigenvalue weighted by Crippen LogP contribution is 2.37. The highest BCUT2D eigenvalue weighted by Gasteiger charge is 2.58. The van der Waals surface area contributed by atoms with E-state index in [4.69, 9.17) is 14.7 Å². The van der Waals surface area contributed by atoms with Crippen LogP contribution in [-0.2, 0) is 21.2 Å². The van der Waals surface area contributed by atoms with Gasteiger partial charge in [0.25, 0.3) is 5.92 Å². The Hall–Kier alpha value is -3.37. The number of ether oxygens (including phenoxy) is 2. The first kappa shape index (κ1) is 29.2. The summed E-state index contributed by atoms with van der Waals surface area (Å²) in [7, 11) is -4.12. The van der Waals surface area contributed by atoms with E-state index < -0.39 is 64.3 Å². The van der Waals surface area contributed by atoms with Crippen LogP contribution < -0.4 is 9.46 Å². The van der Waals surface area contributed by atoms with Crippen molar-refractivity contribution in [3.05, 3.63) is 53.0 Å². The molecule has 3 rings (SSSR count). The predicted octanol–water partition coefficient (Wildman–Crippen LogP) is 4.30. The van der Waals surface area contributed by atoms with Crippen LogP contribution in [-0.4, -0.2) is 60.3 Å². The Morgan fingerprint density at radius 2 is 1.97 bits per heavy atom. The van der Waals surface area contributed by atoms with E-state index in [1.165, 1.54) is 31.2 Å². The van der Waals surface area contributed by atoms with Crippen molar-refractivity contribution in [2.75, 3.05) is 12.3 Å². The summed E-state index contributed by atoms with van der Waals surface area (Å²) in [6.45, 7) is 6.49. The van der Waals surface area contributed by atoms with Crippen molar-refractivity contribution >= 4 is 16.1 Å². The Kier molecular flexibility index (Phi) is 8.28. The molecule has 2 heterocycles.